The molecule has 4 nitrogen and oxygen atoms in total. The van der Waals surface area contributed by atoms with Gasteiger partial charge in [-0.3, -0.25) is 4.79 Å². The standard InChI is InChI=1S/C22H21F3N2O2/c1-21(2,16-9-6-10-17(11-16)22(23,24)25)14-26-19(28)12-18-13-29-20(27-18)15-7-4-3-5-8-15/h3-11,13H,12,14H2,1-2H3,(H,26,28). The zero-order valence-corrected chi connectivity index (χ0v) is 16.1. The quantitative estimate of drug-likeness (QED) is 0.632. The predicted molar refractivity (Wildman–Crippen MR) is 103 cm³/mol. The van der Waals surface area contributed by atoms with Gasteiger partial charge in [0.05, 0.1) is 17.7 Å². The third kappa shape index (κ3) is 5.25. The second kappa shape index (κ2) is 8.11. The highest BCUT2D eigenvalue weighted by Gasteiger charge is 2.32. The molecule has 0 aliphatic heterocycles. The van der Waals surface area contributed by atoms with Crippen LogP contribution in [-0.4, -0.2) is 17.4 Å². The molecule has 1 amide bonds. The summed E-state index contributed by atoms with van der Waals surface area (Å²) in [5.74, 6) is 0.149. The minimum absolute atomic E-state index is 0.0228. The first-order chi connectivity index (χ1) is 13.6. The van der Waals surface area contributed by atoms with Crippen LogP contribution in [0.5, 0.6) is 0 Å². The molecule has 0 bridgehead atoms. The van der Waals surface area contributed by atoms with Gasteiger partial charge < -0.3 is 9.73 Å². The van der Waals surface area contributed by atoms with Crippen molar-refractivity contribution < 1.29 is 22.4 Å². The van der Waals surface area contributed by atoms with Crippen molar-refractivity contribution in [3.63, 3.8) is 0 Å². The summed E-state index contributed by atoms with van der Waals surface area (Å²) in [5, 5.41) is 2.78. The summed E-state index contributed by atoms with van der Waals surface area (Å²) in [6.45, 7) is 3.76. The van der Waals surface area contributed by atoms with Gasteiger partial charge in [-0.1, -0.05) is 50.2 Å². The third-order valence-electron chi connectivity index (χ3n) is 4.61. The van der Waals surface area contributed by atoms with Gasteiger partial charge in [0.2, 0.25) is 11.8 Å². The van der Waals surface area contributed by atoms with E-state index in [2.05, 4.69) is 10.3 Å². The van der Waals surface area contributed by atoms with Crippen LogP contribution < -0.4 is 5.32 Å². The van der Waals surface area contributed by atoms with Crippen LogP contribution in [0.1, 0.15) is 30.7 Å². The van der Waals surface area contributed by atoms with Crippen molar-refractivity contribution in [1.29, 1.82) is 0 Å². The van der Waals surface area contributed by atoms with Crippen molar-refractivity contribution in [2.75, 3.05) is 6.54 Å². The maximum absolute atomic E-state index is 13.0. The molecule has 0 saturated heterocycles. The lowest BCUT2D eigenvalue weighted by atomic mass is 9.83. The van der Waals surface area contributed by atoms with Gasteiger partial charge in [0.1, 0.15) is 6.26 Å². The van der Waals surface area contributed by atoms with E-state index in [1.54, 1.807) is 19.9 Å². The Kier molecular flexibility index (Phi) is 5.77. The molecule has 1 aromatic heterocycles. The van der Waals surface area contributed by atoms with Crippen molar-refractivity contribution in [2.24, 2.45) is 0 Å². The van der Waals surface area contributed by atoms with Crippen LogP contribution in [0.3, 0.4) is 0 Å². The Bertz CT molecular complexity index is 979. The summed E-state index contributed by atoms with van der Waals surface area (Å²) in [6, 6.07) is 14.5. The van der Waals surface area contributed by atoms with E-state index in [1.165, 1.54) is 12.3 Å². The lowest BCUT2D eigenvalue weighted by Gasteiger charge is -2.26. The minimum Gasteiger partial charge on any atom is -0.444 e. The number of halogens is 3. The summed E-state index contributed by atoms with van der Waals surface area (Å²) < 4.78 is 44.3. The second-order valence-electron chi connectivity index (χ2n) is 7.43. The molecule has 0 atom stereocenters. The van der Waals surface area contributed by atoms with E-state index in [-0.39, 0.29) is 18.9 Å². The van der Waals surface area contributed by atoms with Crippen LogP contribution in [0, 0.1) is 0 Å². The van der Waals surface area contributed by atoms with E-state index in [0.29, 0.717) is 17.1 Å². The monoisotopic (exact) mass is 402 g/mol. The van der Waals surface area contributed by atoms with Crippen LogP contribution in [0.2, 0.25) is 0 Å². The lowest BCUT2D eigenvalue weighted by Crippen LogP contribution is -2.37. The number of nitrogens with one attached hydrogen (secondary N) is 1. The number of nitrogens with zero attached hydrogens (tertiary/aromatic N) is 1. The molecule has 2 aromatic carbocycles. The number of oxazole rings is 1. The Labute approximate surface area is 166 Å². The Hall–Kier alpha value is -3.09. The van der Waals surface area contributed by atoms with Crippen molar-refractivity contribution in [1.82, 2.24) is 10.3 Å². The van der Waals surface area contributed by atoms with Crippen LogP contribution in [0.25, 0.3) is 11.5 Å². The average Bonchev–Trinajstić information content (AvgIpc) is 3.15. The minimum atomic E-state index is -4.40. The van der Waals surface area contributed by atoms with Crippen LogP contribution >= 0.6 is 0 Å². The van der Waals surface area contributed by atoms with Crippen molar-refractivity contribution in [3.05, 3.63) is 77.7 Å². The fourth-order valence-electron chi connectivity index (χ4n) is 2.87. The number of rotatable bonds is 6. The SMILES string of the molecule is CC(C)(CNC(=O)Cc1coc(-c2ccccc2)n1)c1cccc(C(F)(F)F)c1. The molecule has 0 unspecified atom stereocenters. The summed E-state index contributed by atoms with van der Waals surface area (Å²) in [6.07, 6.45) is -2.95. The molecule has 0 radical (unpaired) electrons. The van der Waals surface area contributed by atoms with Gasteiger partial charge in [0, 0.05) is 17.5 Å². The summed E-state index contributed by atoms with van der Waals surface area (Å²) in [7, 11) is 0. The van der Waals surface area contributed by atoms with E-state index in [9.17, 15) is 18.0 Å². The van der Waals surface area contributed by atoms with Gasteiger partial charge in [-0.25, -0.2) is 4.98 Å². The largest absolute Gasteiger partial charge is 0.444 e. The maximum atomic E-state index is 13.0. The Morgan fingerprint density at radius 2 is 1.72 bits per heavy atom. The Morgan fingerprint density at radius 1 is 1.03 bits per heavy atom. The first-order valence-electron chi connectivity index (χ1n) is 9.09. The number of hydrogen-bond donors (Lipinski definition) is 1. The summed E-state index contributed by atoms with van der Waals surface area (Å²) in [4.78, 5) is 16.6. The number of benzene rings is 2. The molecule has 3 aromatic rings. The van der Waals surface area contributed by atoms with Crippen molar-refractivity contribution in [2.45, 2.75) is 31.9 Å². The second-order valence-corrected chi connectivity index (χ2v) is 7.43. The molecule has 0 saturated carbocycles. The topological polar surface area (TPSA) is 55.1 Å². The molecule has 0 fully saturated rings. The molecule has 7 heteroatoms. The molecule has 1 N–H and O–H groups in total. The third-order valence-corrected chi connectivity index (χ3v) is 4.61. The fraction of sp³-hybridized carbons (Fsp3) is 0.273. The number of carbonyl (C=O) groups excluding carboxylic acids is 1. The number of carbonyl (C=O) groups is 1. The van der Waals surface area contributed by atoms with Gasteiger partial charge in [-0.15, -0.1) is 0 Å². The maximum Gasteiger partial charge on any atom is 0.416 e. The van der Waals surface area contributed by atoms with Gasteiger partial charge in [0.25, 0.3) is 0 Å². The number of alkyl halides is 3. The van der Waals surface area contributed by atoms with Crippen molar-refractivity contribution >= 4 is 5.91 Å². The first kappa shape index (κ1) is 20.6. The van der Waals surface area contributed by atoms with Gasteiger partial charge >= 0.3 is 6.18 Å². The van der Waals surface area contributed by atoms with E-state index in [1.807, 2.05) is 30.3 Å². The summed E-state index contributed by atoms with van der Waals surface area (Å²) in [5.41, 5.74) is 0.421. The first-order valence-corrected chi connectivity index (χ1v) is 9.09. The van der Waals surface area contributed by atoms with Crippen molar-refractivity contribution in [3.8, 4) is 11.5 Å². The van der Waals surface area contributed by atoms with Crippen LogP contribution in [0.4, 0.5) is 13.2 Å². The Balaban J connectivity index is 1.61. The molecule has 0 aliphatic carbocycles. The highest BCUT2D eigenvalue weighted by molar-refractivity contribution is 5.78. The summed E-state index contributed by atoms with van der Waals surface area (Å²) >= 11 is 0. The van der Waals surface area contributed by atoms with Crippen LogP contribution in [-0.2, 0) is 22.8 Å². The molecule has 0 spiro atoms. The molecular formula is C22H21F3N2O2. The van der Waals surface area contributed by atoms with E-state index < -0.39 is 17.2 Å². The van der Waals surface area contributed by atoms with Gasteiger partial charge in [-0.05, 0) is 23.8 Å². The average molecular weight is 402 g/mol. The molecule has 29 heavy (non-hydrogen) atoms. The smallest absolute Gasteiger partial charge is 0.416 e. The predicted octanol–water partition coefficient (Wildman–Crippen LogP) is 5.00. The van der Waals surface area contributed by atoms with Crippen LogP contribution in [0.15, 0.2) is 65.3 Å². The Morgan fingerprint density at radius 3 is 2.41 bits per heavy atom. The van der Waals surface area contributed by atoms with E-state index in [4.69, 9.17) is 4.42 Å². The van der Waals surface area contributed by atoms with Gasteiger partial charge in [0.15, 0.2) is 0 Å². The zero-order valence-electron chi connectivity index (χ0n) is 16.1. The normalized spacial score (nSPS) is 12.0. The highest BCUT2D eigenvalue weighted by Crippen LogP contribution is 2.32. The number of hydrogen-bond acceptors (Lipinski definition) is 3. The lowest BCUT2D eigenvalue weighted by molar-refractivity contribution is -0.137. The molecule has 3 rings (SSSR count). The number of amides is 1. The van der Waals surface area contributed by atoms with E-state index >= 15 is 0 Å². The molecule has 0 aliphatic rings. The highest BCUT2D eigenvalue weighted by atomic mass is 19.4. The molecular weight excluding hydrogens is 381 g/mol. The van der Waals surface area contributed by atoms with E-state index in [0.717, 1.165) is 17.7 Å². The number of aromatic nitrogens is 1. The fourth-order valence-corrected chi connectivity index (χ4v) is 2.87. The zero-order chi connectivity index (χ0) is 21.1. The molecule has 152 valence electrons. The molecule has 1 heterocycles. The van der Waals surface area contributed by atoms with Gasteiger partial charge in [-0.2, -0.15) is 13.2 Å².